The molecule has 0 fully saturated rings. The zero-order valence-electron chi connectivity index (χ0n) is 19.7. The Kier molecular flexibility index (Phi) is 5.87. The molecule has 1 unspecified atom stereocenters. The Balaban J connectivity index is 1.67. The highest BCUT2D eigenvalue weighted by atomic mass is 35.5. The van der Waals surface area contributed by atoms with Gasteiger partial charge in [-0.15, -0.1) is 0 Å². The number of rotatable bonds is 4. The number of aromatic nitrogens is 2. The van der Waals surface area contributed by atoms with Gasteiger partial charge >= 0.3 is 0 Å². The van der Waals surface area contributed by atoms with E-state index < -0.39 is 6.04 Å². The number of benzene rings is 4. The molecule has 0 spiro atoms. The van der Waals surface area contributed by atoms with Crippen molar-refractivity contribution in [1.29, 1.82) is 0 Å². The average molecular weight is 482 g/mol. The minimum Gasteiger partial charge on any atom is -0.332 e. The predicted octanol–water partition coefficient (Wildman–Crippen LogP) is 6.33. The number of hydrogen-bond donors (Lipinski definition) is 0. The zero-order chi connectivity index (χ0) is 24.7. The van der Waals surface area contributed by atoms with Crippen LogP contribution >= 0.6 is 11.6 Å². The molecule has 5 rings (SSSR count). The molecule has 0 saturated heterocycles. The summed E-state index contributed by atoms with van der Waals surface area (Å²) in [6, 6.07) is 25.7. The van der Waals surface area contributed by atoms with E-state index in [2.05, 4.69) is 0 Å². The summed E-state index contributed by atoms with van der Waals surface area (Å²) in [6.45, 7) is 3.87. The quantitative estimate of drug-likeness (QED) is 0.301. The average Bonchev–Trinajstić information content (AvgIpc) is 2.87. The lowest BCUT2D eigenvalue weighted by Gasteiger charge is -2.27. The van der Waals surface area contributed by atoms with Crippen molar-refractivity contribution in [1.82, 2.24) is 14.5 Å². The Morgan fingerprint density at radius 2 is 1.66 bits per heavy atom. The molecule has 0 aliphatic rings. The van der Waals surface area contributed by atoms with Gasteiger partial charge in [0, 0.05) is 17.6 Å². The Morgan fingerprint density at radius 1 is 0.943 bits per heavy atom. The standard InChI is InChI=1S/C29H24ClN3O2/c1-18-11-14-22(15-12-18)33-27(31-26-17-21(30)13-16-25(26)29(33)35)19(2)32(3)28(34)24-10-6-8-20-7-4-5-9-23(20)24/h4-17,19H,1-3H3. The maximum absolute atomic E-state index is 13.7. The van der Waals surface area contributed by atoms with E-state index in [0.717, 1.165) is 16.3 Å². The lowest BCUT2D eigenvalue weighted by molar-refractivity contribution is 0.0737. The minimum absolute atomic E-state index is 0.148. The third kappa shape index (κ3) is 4.08. The van der Waals surface area contributed by atoms with Crippen LogP contribution in [0, 0.1) is 6.92 Å². The minimum atomic E-state index is -0.501. The fourth-order valence-electron chi connectivity index (χ4n) is 4.35. The van der Waals surface area contributed by atoms with Crippen LogP contribution in [0.25, 0.3) is 27.4 Å². The smallest absolute Gasteiger partial charge is 0.266 e. The largest absolute Gasteiger partial charge is 0.332 e. The molecule has 174 valence electrons. The van der Waals surface area contributed by atoms with Crippen LogP contribution in [-0.2, 0) is 0 Å². The summed E-state index contributed by atoms with van der Waals surface area (Å²) in [4.78, 5) is 33.8. The summed E-state index contributed by atoms with van der Waals surface area (Å²) >= 11 is 6.21. The molecule has 1 heterocycles. The van der Waals surface area contributed by atoms with Crippen molar-refractivity contribution >= 4 is 39.2 Å². The second kappa shape index (κ2) is 9.01. The number of hydrogen-bond acceptors (Lipinski definition) is 3. The van der Waals surface area contributed by atoms with Crippen molar-refractivity contribution in [3.05, 3.63) is 117 Å². The molecule has 35 heavy (non-hydrogen) atoms. The molecule has 5 nitrogen and oxygen atoms in total. The van der Waals surface area contributed by atoms with Crippen LogP contribution in [0.15, 0.2) is 89.7 Å². The van der Waals surface area contributed by atoms with Crippen molar-refractivity contribution in [3.63, 3.8) is 0 Å². The molecule has 1 amide bonds. The van der Waals surface area contributed by atoms with Crippen LogP contribution in [0.3, 0.4) is 0 Å². The van der Waals surface area contributed by atoms with E-state index in [9.17, 15) is 9.59 Å². The number of carbonyl (C=O) groups is 1. The van der Waals surface area contributed by atoms with Gasteiger partial charge in [0.1, 0.15) is 5.82 Å². The number of amides is 1. The number of fused-ring (bicyclic) bond motifs is 2. The maximum atomic E-state index is 13.7. The molecule has 0 N–H and O–H groups in total. The third-order valence-corrected chi connectivity index (χ3v) is 6.68. The van der Waals surface area contributed by atoms with Gasteiger partial charge in [-0.3, -0.25) is 14.2 Å². The lowest BCUT2D eigenvalue weighted by Crippen LogP contribution is -2.35. The molecule has 1 atom stereocenters. The second-order valence-electron chi connectivity index (χ2n) is 8.73. The first-order chi connectivity index (χ1) is 16.8. The highest BCUT2D eigenvalue weighted by Gasteiger charge is 2.26. The topological polar surface area (TPSA) is 55.2 Å². The fraction of sp³-hybridized carbons (Fsp3) is 0.138. The third-order valence-electron chi connectivity index (χ3n) is 6.44. The SMILES string of the molecule is Cc1ccc(-n2c(C(C)N(C)C(=O)c3cccc4ccccc34)nc3cc(Cl)ccc3c2=O)cc1. The molecule has 0 aliphatic heterocycles. The van der Waals surface area contributed by atoms with Gasteiger partial charge in [-0.05, 0) is 61.0 Å². The zero-order valence-corrected chi connectivity index (χ0v) is 20.5. The lowest BCUT2D eigenvalue weighted by atomic mass is 10.0. The van der Waals surface area contributed by atoms with Crippen molar-refractivity contribution in [2.24, 2.45) is 0 Å². The van der Waals surface area contributed by atoms with Gasteiger partial charge in [-0.25, -0.2) is 4.98 Å². The Bertz CT molecular complexity index is 1640. The predicted molar refractivity (Wildman–Crippen MR) is 142 cm³/mol. The molecule has 6 heteroatoms. The van der Waals surface area contributed by atoms with Crippen LogP contribution in [0.5, 0.6) is 0 Å². The van der Waals surface area contributed by atoms with Crippen LogP contribution < -0.4 is 5.56 Å². The van der Waals surface area contributed by atoms with E-state index in [4.69, 9.17) is 16.6 Å². The molecule has 0 saturated carbocycles. The Hall–Kier alpha value is -3.96. The number of aryl methyl sites for hydroxylation is 1. The van der Waals surface area contributed by atoms with Crippen LogP contribution in [0.4, 0.5) is 0 Å². The Labute approximate surface area is 208 Å². The molecule has 1 aromatic heterocycles. The molecule has 4 aromatic carbocycles. The summed E-state index contributed by atoms with van der Waals surface area (Å²) in [6.07, 6.45) is 0. The number of carbonyl (C=O) groups excluding carboxylic acids is 1. The number of nitrogens with zero attached hydrogens (tertiary/aromatic N) is 3. The van der Waals surface area contributed by atoms with Crippen molar-refractivity contribution in [2.75, 3.05) is 7.05 Å². The number of halogens is 1. The van der Waals surface area contributed by atoms with Gasteiger partial charge in [0.2, 0.25) is 0 Å². The monoisotopic (exact) mass is 481 g/mol. The molecule has 0 bridgehead atoms. The van der Waals surface area contributed by atoms with E-state index in [1.165, 1.54) is 0 Å². The first-order valence-electron chi connectivity index (χ1n) is 11.4. The highest BCUT2D eigenvalue weighted by molar-refractivity contribution is 6.31. The Morgan fingerprint density at radius 3 is 2.43 bits per heavy atom. The van der Waals surface area contributed by atoms with Gasteiger partial charge in [0.25, 0.3) is 11.5 Å². The molecule has 5 aromatic rings. The molecular formula is C29H24ClN3O2. The van der Waals surface area contributed by atoms with Crippen molar-refractivity contribution < 1.29 is 4.79 Å². The fourth-order valence-corrected chi connectivity index (χ4v) is 4.52. The van der Waals surface area contributed by atoms with Crippen LogP contribution in [0.2, 0.25) is 5.02 Å². The first-order valence-corrected chi connectivity index (χ1v) is 11.8. The second-order valence-corrected chi connectivity index (χ2v) is 9.16. The van der Waals surface area contributed by atoms with Crippen molar-refractivity contribution in [3.8, 4) is 5.69 Å². The molecular weight excluding hydrogens is 458 g/mol. The maximum Gasteiger partial charge on any atom is 0.266 e. The van der Waals surface area contributed by atoms with E-state index in [-0.39, 0.29) is 11.5 Å². The summed E-state index contributed by atoms with van der Waals surface area (Å²) in [7, 11) is 1.74. The van der Waals surface area contributed by atoms with Gasteiger partial charge in [-0.1, -0.05) is 65.7 Å². The van der Waals surface area contributed by atoms with Crippen LogP contribution in [0.1, 0.15) is 34.7 Å². The van der Waals surface area contributed by atoms with Gasteiger partial charge in [0.05, 0.1) is 22.6 Å². The normalized spacial score (nSPS) is 12.1. The van der Waals surface area contributed by atoms with E-state index in [1.807, 2.05) is 80.6 Å². The van der Waals surface area contributed by atoms with Gasteiger partial charge in [0.15, 0.2) is 0 Å². The van der Waals surface area contributed by atoms with Crippen molar-refractivity contribution in [2.45, 2.75) is 19.9 Å². The van der Waals surface area contributed by atoms with E-state index >= 15 is 0 Å². The highest BCUT2D eigenvalue weighted by Crippen LogP contribution is 2.26. The van der Waals surface area contributed by atoms with E-state index in [1.54, 1.807) is 34.7 Å². The summed E-state index contributed by atoms with van der Waals surface area (Å²) in [5, 5.41) is 2.84. The summed E-state index contributed by atoms with van der Waals surface area (Å²) in [5.74, 6) is 0.315. The van der Waals surface area contributed by atoms with E-state index in [0.29, 0.717) is 33.0 Å². The van der Waals surface area contributed by atoms with Crippen LogP contribution in [-0.4, -0.2) is 27.4 Å². The summed E-state index contributed by atoms with van der Waals surface area (Å²) in [5.41, 5.74) is 2.67. The van der Waals surface area contributed by atoms with Gasteiger partial charge < -0.3 is 4.90 Å². The van der Waals surface area contributed by atoms with Gasteiger partial charge in [-0.2, -0.15) is 0 Å². The molecule has 0 aliphatic carbocycles. The molecule has 0 radical (unpaired) electrons. The summed E-state index contributed by atoms with van der Waals surface area (Å²) < 4.78 is 1.59. The first kappa shape index (κ1) is 22.8.